The van der Waals surface area contributed by atoms with Crippen LogP contribution in [0.4, 0.5) is 0 Å². The Morgan fingerprint density at radius 2 is 1.62 bits per heavy atom. The van der Waals surface area contributed by atoms with Gasteiger partial charge in [-0.05, 0) is 63.2 Å². The van der Waals surface area contributed by atoms with Crippen LogP contribution >= 0.6 is 0 Å². The van der Waals surface area contributed by atoms with Crippen LogP contribution in [0.15, 0.2) is 23.3 Å². The quantitative estimate of drug-likeness (QED) is 0.267. The fourth-order valence-electron chi connectivity index (χ4n) is 4.64. The summed E-state index contributed by atoms with van der Waals surface area (Å²) in [6.07, 6.45) is 13.5. The molecule has 0 aromatic heterocycles. The van der Waals surface area contributed by atoms with Crippen molar-refractivity contribution in [1.82, 2.24) is 0 Å². The van der Waals surface area contributed by atoms with Crippen LogP contribution in [0.5, 0.6) is 0 Å². The Labute approximate surface area is 162 Å². The van der Waals surface area contributed by atoms with Crippen LogP contribution in [0, 0.1) is 10.8 Å². The molecule has 1 aliphatic carbocycles. The number of hydrogen-bond acceptors (Lipinski definition) is 2. The Morgan fingerprint density at radius 1 is 1.00 bits per heavy atom. The molecule has 26 heavy (non-hydrogen) atoms. The van der Waals surface area contributed by atoms with Crippen molar-refractivity contribution in [3.8, 4) is 0 Å². The molecule has 0 spiro atoms. The van der Waals surface area contributed by atoms with Crippen LogP contribution in [0.2, 0.25) is 0 Å². The van der Waals surface area contributed by atoms with Crippen LogP contribution in [-0.2, 0) is 4.79 Å². The predicted octanol–water partition coefficient (Wildman–Crippen LogP) is 7.58. The van der Waals surface area contributed by atoms with E-state index in [0.717, 1.165) is 63.4 Å². The highest BCUT2D eigenvalue weighted by Crippen LogP contribution is 2.46. The number of ketones is 1. The lowest BCUT2D eigenvalue weighted by Crippen LogP contribution is -2.33. The molecule has 0 aromatic carbocycles. The molecule has 0 bridgehead atoms. The third-order valence-electron chi connectivity index (χ3n) is 5.87. The Kier molecular flexibility index (Phi) is 10.1. The molecular weight excluding hydrogens is 318 g/mol. The van der Waals surface area contributed by atoms with Crippen molar-refractivity contribution in [2.24, 2.45) is 5.41 Å². The van der Waals surface area contributed by atoms with Crippen LogP contribution in [0.25, 0.3) is 0 Å². The van der Waals surface area contributed by atoms with Crippen molar-refractivity contribution < 1.29 is 4.79 Å². The van der Waals surface area contributed by atoms with Crippen molar-refractivity contribution >= 4 is 11.5 Å². The highest BCUT2D eigenvalue weighted by atomic mass is 16.1. The van der Waals surface area contributed by atoms with Gasteiger partial charge in [0.2, 0.25) is 0 Å². The van der Waals surface area contributed by atoms with E-state index in [9.17, 15) is 4.79 Å². The van der Waals surface area contributed by atoms with Crippen LogP contribution in [-0.4, -0.2) is 11.5 Å². The summed E-state index contributed by atoms with van der Waals surface area (Å²) in [4.78, 5) is 13.0. The first-order chi connectivity index (χ1) is 12.4. The maximum Gasteiger partial charge on any atom is 0.165 e. The highest BCUT2D eigenvalue weighted by Gasteiger charge is 2.38. The second kappa shape index (κ2) is 11.5. The largest absolute Gasteiger partial charge is 0.305 e. The lowest BCUT2D eigenvalue weighted by molar-refractivity contribution is -0.118. The van der Waals surface area contributed by atoms with E-state index in [4.69, 9.17) is 5.41 Å². The number of unbranched alkanes of at least 4 members (excludes halogenated alkanes) is 1. The number of hydrogen-bond donors (Lipinski definition) is 1. The lowest BCUT2D eigenvalue weighted by Gasteiger charge is -2.39. The summed E-state index contributed by atoms with van der Waals surface area (Å²) in [6.45, 7) is 12.9. The van der Waals surface area contributed by atoms with Crippen molar-refractivity contribution in [3.05, 3.63) is 23.3 Å². The smallest absolute Gasteiger partial charge is 0.165 e. The molecule has 0 heterocycles. The van der Waals surface area contributed by atoms with Gasteiger partial charge in [-0.3, -0.25) is 4.79 Å². The molecule has 0 unspecified atom stereocenters. The van der Waals surface area contributed by atoms with Gasteiger partial charge in [-0.1, -0.05) is 64.7 Å². The van der Waals surface area contributed by atoms with Crippen molar-refractivity contribution in [3.63, 3.8) is 0 Å². The van der Waals surface area contributed by atoms with E-state index >= 15 is 0 Å². The molecule has 0 fully saturated rings. The Morgan fingerprint density at radius 3 is 2.15 bits per heavy atom. The molecular formula is C24H41NO. The number of carbonyl (C=O) groups excluding carboxylic acids is 1. The molecule has 1 rings (SSSR count). The van der Waals surface area contributed by atoms with Gasteiger partial charge in [0.15, 0.2) is 5.78 Å². The molecule has 0 saturated carbocycles. The number of allylic oxidation sites excluding steroid dienone is 3. The average Bonchev–Trinajstić information content (AvgIpc) is 2.59. The third-order valence-corrected chi connectivity index (χ3v) is 5.87. The summed E-state index contributed by atoms with van der Waals surface area (Å²) >= 11 is 0. The van der Waals surface area contributed by atoms with Crippen molar-refractivity contribution in [2.45, 2.75) is 111 Å². The van der Waals surface area contributed by atoms with Gasteiger partial charge < -0.3 is 5.41 Å². The molecule has 0 saturated heterocycles. The van der Waals surface area contributed by atoms with Crippen molar-refractivity contribution in [1.29, 1.82) is 5.41 Å². The van der Waals surface area contributed by atoms with E-state index < -0.39 is 0 Å². The first-order valence-corrected chi connectivity index (χ1v) is 10.9. The van der Waals surface area contributed by atoms with Crippen LogP contribution in [0.3, 0.4) is 0 Å². The summed E-state index contributed by atoms with van der Waals surface area (Å²) in [5, 5.41) is 8.34. The minimum Gasteiger partial charge on any atom is -0.305 e. The molecule has 2 heteroatoms. The van der Waals surface area contributed by atoms with E-state index in [2.05, 4.69) is 27.4 Å². The number of Topliss-reactive ketones (excluding diaryl/α,β-unsaturated/α-hetero) is 1. The van der Waals surface area contributed by atoms with Gasteiger partial charge in [-0.15, -0.1) is 0 Å². The van der Waals surface area contributed by atoms with Gasteiger partial charge in [-0.25, -0.2) is 0 Å². The summed E-state index contributed by atoms with van der Waals surface area (Å²) in [5.74, 6) is 0.241. The Bertz CT molecular complexity index is 520. The van der Waals surface area contributed by atoms with E-state index in [-0.39, 0.29) is 11.2 Å². The normalized spacial score (nSPS) is 16.8. The zero-order chi connectivity index (χ0) is 19.6. The number of carbonyl (C=O) groups is 1. The Balaban J connectivity index is 2.95. The molecule has 148 valence electrons. The van der Waals surface area contributed by atoms with E-state index in [1.165, 1.54) is 24.0 Å². The fraction of sp³-hybridized carbons (Fsp3) is 0.750. The van der Waals surface area contributed by atoms with Gasteiger partial charge in [0, 0.05) is 17.7 Å². The molecule has 1 N–H and O–H groups in total. The molecule has 0 aromatic rings. The maximum atomic E-state index is 13.0. The zero-order valence-corrected chi connectivity index (χ0v) is 17.8. The van der Waals surface area contributed by atoms with Gasteiger partial charge in [0.25, 0.3) is 0 Å². The maximum absolute atomic E-state index is 13.0. The van der Waals surface area contributed by atoms with Crippen LogP contribution < -0.4 is 0 Å². The number of nitrogens with one attached hydrogen (secondary N) is 1. The minimum absolute atomic E-state index is 0.145. The van der Waals surface area contributed by atoms with E-state index in [1.807, 2.05) is 6.92 Å². The van der Waals surface area contributed by atoms with Gasteiger partial charge in [0.05, 0.1) is 0 Å². The molecule has 0 amide bonds. The molecule has 0 atom stereocenters. The molecule has 1 aliphatic rings. The second-order valence-corrected chi connectivity index (χ2v) is 8.29. The average molecular weight is 360 g/mol. The standard InChI is InChI=1S/C24H41NO/c1-6-10-12-19(5)13-11-14-20-17-24(15-7-2,16-8-3)18-22(26)23(20)21(25)9-4/h25H,5-18H2,1-4H3. The summed E-state index contributed by atoms with van der Waals surface area (Å²) in [7, 11) is 0. The first-order valence-electron chi connectivity index (χ1n) is 10.9. The first kappa shape index (κ1) is 22.9. The topological polar surface area (TPSA) is 40.9 Å². The van der Waals surface area contributed by atoms with Crippen molar-refractivity contribution in [2.75, 3.05) is 0 Å². The highest BCUT2D eigenvalue weighted by molar-refractivity contribution is 6.22. The van der Waals surface area contributed by atoms with Gasteiger partial charge >= 0.3 is 0 Å². The van der Waals surface area contributed by atoms with Gasteiger partial charge in [0.1, 0.15) is 0 Å². The SMILES string of the molecule is C=C(CCCC)CCCC1=C(C(=N)CC)C(=O)CC(CCC)(CCC)C1. The monoisotopic (exact) mass is 359 g/mol. The Hall–Kier alpha value is -1.18. The van der Waals surface area contributed by atoms with Crippen LogP contribution in [0.1, 0.15) is 111 Å². The molecule has 0 aliphatic heterocycles. The molecule has 2 nitrogen and oxygen atoms in total. The summed E-state index contributed by atoms with van der Waals surface area (Å²) < 4.78 is 0. The lowest BCUT2D eigenvalue weighted by atomic mass is 9.65. The predicted molar refractivity (Wildman–Crippen MR) is 114 cm³/mol. The second-order valence-electron chi connectivity index (χ2n) is 8.29. The number of rotatable bonds is 13. The van der Waals surface area contributed by atoms with Gasteiger partial charge in [-0.2, -0.15) is 0 Å². The fourth-order valence-corrected chi connectivity index (χ4v) is 4.64. The third kappa shape index (κ3) is 6.52. The summed E-state index contributed by atoms with van der Waals surface area (Å²) in [5.41, 5.74) is 4.10. The zero-order valence-electron chi connectivity index (χ0n) is 17.8. The molecule has 0 radical (unpaired) electrons. The van der Waals surface area contributed by atoms with E-state index in [0.29, 0.717) is 18.6 Å². The summed E-state index contributed by atoms with van der Waals surface area (Å²) in [6, 6.07) is 0. The minimum atomic E-state index is 0.145. The van der Waals surface area contributed by atoms with E-state index in [1.54, 1.807) is 0 Å².